The molecule has 0 spiro atoms. The first-order valence-corrected chi connectivity index (χ1v) is 8.22. The van der Waals surface area contributed by atoms with E-state index in [2.05, 4.69) is 19.9 Å². The number of rotatable bonds is 3. The number of carbonyl (C=O) groups is 1. The molecule has 2 aliphatic heterocycles. The number of carbonyl (C=O) groups excluding carboxylic acids is 1. The van der Waals surface area contributed by atoms with E-state index in [9.17, 15) is 18.0 Å². The van der Waals surface area contributed by atoms with Gasteiger partial charge in [0.1, 0.15) is 17.2 Å². The highest BCUT2D eigenvalue weighted by molar-refractivity contribution is 5.81. The van der Waals surface area contributed by atoms with E-state index in [0.29, 0.717) is 30.9 Å². The van der Waals surface area contributed by atoms with Crippen LogP contribution < -0.4 is 4.90 Å². The van der Waals surface area contributed by atoms with Crippen molar-refractivity contribution in [2.24, 2.45) is 0 Å². The van der Waals surface area contributed by atoms with Crippen LogP contribution in [0.2, 0.25) is 0 Å². The molecule has 0 bridgehead atoms. The summed E-state index contributed by atoms with van der Waals surface area (Å²) in [5.41, 5.74) is 0.474. The first kappa shape index (κ1) is 16.8. The van der Waals surface area contributed by atoms with Crippen LogP contribution in [-0.2, 0) is 17.5 Å². The van der Waals surface area contributed by atoms with Gasteiger partial charge in [-0.05, 0) is 25.5 Å². The summed E-state index contributed by atoms with van der Waals surface area (Å²) in [4.78, 5) is 20.1. The van der Waals surface area contributed by atoms with Crippen LogP contribution in [0.1, 0.15) is 29.8 Å². The van der Waals surface area contributed by atoms with Gasteiger partial charge in [0.05, 0.1) is 24.2 Å². The average molecular weight is 367 g/mol. The molecule has 0 aliphatic carbocycles. The van der Waals surface area contributed by atoms with E-state index in [4.69, 9.17) is 0 Å². The zero-order chi connectivity index (χ0) is 18.5. The van der Waals surface area contributed by atoms with Crippen molar-refractivity contribution in [3.63, 3.8) is 0 Å². The summed E-state index contributed by atoms with van der Waals surface area (Å²) >= 11 is 0. The molecule has 1 amide bonds. The molecular weight excluding hydrogens is 351 g/mol. The van der Waals surface area contributed by atoms with Gasteiger partial charge in [0.15, 0.2) is 0 Å². The number of fused-ring (bicyclic) bond motifs is 1. The number of hydrogen-bond acceptors (Lipinski definition) is 6. The van der Waals surface area contributed by atoms with E-state index in [1.54, 1.807) is 16.7 Å². The number of pyridine rings is 1. The van der Waals surface area contributed by atoms with Gasteiger partial charge in [-0.2, -0.15) is 13.2 Å². The second kappa shape index (κ2) is 5.96. The van der Waals surface area contributed by atoms with Gasteiger partial charge in [0, 0.05) is 19.2 Å². The highest BCUT2D eigenvalue weighted by Crippen LogP contribution is 2.37. The van der Waals surface area contributed by atoms with Crippen LogP contribution in [0, 0.1) is 6.92 Å². The zero-order valence-electron chi connectivity index (χ0n) is 13.9. The number of hydrogen-bond donors (Lipinski definition) is 0. The molecule has 0 unspecified atom stereocenters. The van der Waals surface area contributed by atoms with Crippen LogP contribution in [0.15, 0.2) is 23.0 Å². The topological polar surface area (TPSA) is 75.4 Å². The van der Waals surface area contributed by atoms with Crippen LogP contribution in [0.25, 0.3) is 0 Å². The Morgan fingerprint density at radius 1 is 1.31 bits per heavy atom. The van der Waals surface area contributed by atoms with Gasteiger partial charge in [-0.25, -0.2) is 9.61 Å². The molecular formula is C16H16F3N5O2. The van der Waals surface area contributed by atoms with Crippen molar-refractivity contribution in [1.29, 1.82) is 0 Å². The van der Waals surface area contributed by atoms with Crippen LogP contribution in [-0.4, -0.2) is 44.7 Å². The van der Waals surface area contributed by atoms with E-state index >= 15 is 0 Å². The van der Waals surface area contributed by atoms with E-state index in [1.807, 2.05) is 0 Å². The SMILES string of the molecule is Cc1nonc1CN1C(=O)C[C@H]2[C@@H]1CCN2c1cc(C(F)(F)F)ccn1. The number of aryl methyl sites for hydroxylation is 1. The van der Waals surface area contributed by atoms with E-state index in [0.717, 1.165) is 18.3 Å². The minimum atomic E-state index is -4.42. The molecule has 26 heavy (non-hydrogen) atoms. The van der Waals surface area contributed by atoms with Crippen molar-refractivity contribution in [2.75, 3.05) is 11.4 Å². The molecule has 2 aliphatic rings. The smallest absolute Gasteiger partial charge is 0.351 e. The lowest BCUT2D eigenvalue weighted by atomic mass is 10.1. The summed E-state index contributed by atoms with van der Waals surface area (Å²) in [7, 11) is 0. The normalized spacial score (nSPS) is 23.0. The maximum absolute atomic E-state index is 13.0. The van der Waals surface area contributed by atoms with E-state index in [-0.39, 0.29) is 30.2 Å². The van der Waals surface area contributed by atoms with Gasteiger partial charge < -0.3 is 9.80 Å². The second-order valence-corrected chi connectivity index (χ2v) is 6.54. The first-order chi connectivity index (χ1) is 12.3. The Morgan fingerprint density at radius 3 is 2.81 bits per heavy atom. The molecule has 0 saturated carbocycles. The van der Waals surface area contributed by atoms with Crippen molar-refractivity contribution < 1.29 is 22.6 Å². The van der Waals surface area contributed by atoms with Crippen LogP contribution in [0.5, 0.6) is 0 Å². The Balaban J connectivity index is 1.56. The zero-order valence-corrected chi connectivity index (χ0v) is 13.9. The minimum Gasteiger partial charge on any atom is -0.351 e. The fraction of sp³-hybridized carbons (Fsp3) is 0.500. The van der Waals surface area contributed by atoms with E-state index < -0.39 is 11.7 Å². The van der Waals surface area contributed by atoms with Crippen molar-refractivity contribution in [1.82, 2.24) is 20.2 Å². The number of nitrogens with zero attached hydrogens (tertiary/aromatic N) is 5. The van der Waals surface area contributed by atoms with Gasteiger partial charge in [-0.15, -0.1) is 0 Å². The lowest BCUT2D eigenvalue weighted by molar-refractivity contribution is -0.137. The third kappa shape index (κ3) is 2.78. The molecule has 2 fully saturated rings. The predicted octanol–water partition coefficient (Wildman–Crippen LogP) is 2.17. The van der Waals surface area contributed by atoms with Crippen molar-refractivity contribution in [3.05, 3.63) is 35.3 Å². The maximum atomic E-state index is 13.0. The predicted molar refractivity (Wildman–Crippen MR) is 83.0 cm³/mol. The molecule has 2 aromatic rings. The Kier molecular flexibility index (Phi) is 3.85. The molecule has 0 aromatic carbocycles. The second-order valence-electron chi connectivity index (χ2n) is 6.54. The van der Waals surface area contributed by atoms with Crippen molar-refractivity contribution in [3.8, 4) is 0 Å². The lowest BCUT2D eigenvalue weighted by Gasteiger charge is -2.26. The molecule has 2 atom stereocenters. The number of alkyl halides is 3. The quantitative estimate of drug-likeness (QED) is 0.828. The molecule has 4 rings (SSSR count). The molecule has 2 aromatic heterocycles. The Morgan fingerprint density at radius 2 is 2.12 bits per heavy atom. The summed E-state index contributed by atoms with van der Waals surface area (Å²) in [6, 6.07) is 1.71. The van der Waals surface area contributed by atoms with E-state index in [1.165, 1.54) is 0 Å². The third-order valence-electron chi connectivity index (χ3n) is 5.05. The molecule has 0 radical (unpaired) electrons. The summed E-state index contributed by atoms with van der Waals surface area (Å²) in [5.74, 6) is 0.195. The molecule has 10 heteroatoms. The Labute approximate surface area is 146 Å². The number of amides is 1. The Bertz CT molecular complexity index is 837. The van der Waals surface area contributed by atoms with Crippen LogP contribution in [0.4, 0.5) is 19.0 Å². The van der Waals surface area contributed by atoms with Gasteiger partial charge in [0.2, 0.25) is 5.91 Å². The summed E-state index contributed by atoms with van der Waals surface area (Å²) in [6.45, 7) is 2.58. The standard InChI is InChI=1S/C16H16F3N5O2/c1-9-11(22-26-21-9)8-24-12-3-5-23(13(12)7-15(24)25)14-6-10(2-4-20-14)16(17,18)19/h2,4,6,12-13H,3,5,7-8H2,1H3/t12-,13-/m0/s1. The fourth-order valence-corrected chi connectivity index (χ4v) is 3.72. The van der Waals surface area contributed by atoms with Gasteiger partial charge >= 0.3 is 6.18 Å². The summed E-state index contributed by atoms with van der Waals surface area (Å²) in [6.07, 6.45) is -2.36. The highest BCUT2D eigenvalue weighted by Gasteiger charge is 2.47. The maximum Gasteiger partial charge on any atom is 0.416 e. The van der Waals surface area contributed by atoms with Gasteiger partial charge in [-0.3, -0.25) is 4.79 Å². The minimum absolute atomic E-state index is 0.0564. The highest BCUT2D eigenvalue weighted by atomic mass is 19.4. The van der Waals surface area contributed by atoms with Crippen LogP contribution in [0.3, 0.4) is 0 Å². The van der Waals surface area contributed by atoms with Crippen LogP contribution >= 0.6 is 0 Å². The first-order valence-electron chi connectivity index (χ1n) is 8.22. The third-order valence-corrected chi connectivity index (χ3v) is 5.05. The number of aromatic nitrogens is 3. The summed E-state index contributed by atoms with van der Waals surface area (Å²) in [5, 5.41) is 7.53. The molecule has 4 heterocycles. The van der Waals surface area contributed by atoms with Crippen molar-refractivity contribution >= 4 is 11.7 Å². The van der Waals surface area contributed by atoms with Gasteiger partial charge in [0.25, 0.3) is 0 Å². The number of anilines is 1. The molecule has 2 saturated heterocycles. The average Bonchev–Trinajstić information content (AvgIpc) is 3.25. The van der Waals surface area contributed by atoms with Gasteiger partial charge in [-0.1, -0.05) is 10.3 Å². The molecule has 0 N–H and O–H groups in total. The number of likely N-dealkylation sites (tertiary alicyclic amines) is 1. The fourth-order valence-electron chi connectivity index (χ4n) is 3.72. The molecule has 7 nitrogen and oxygen atoms in total. The van der Waals surface area contributed by atoms with Crippen molar-refractivity contribution in [2.45, 2.75) is 44.6 Å². The Hall–Kier alpha value is -2.65. The lowest BCUT2D eigenvalue weighted by Crippen LogP contribution is -2.37. The largest absolute Gasteiger partial charge is 0.416 e. The summed E-state index contributed by atoms with van der Waals surface area (Å²) < 4.78 is 43.6. The number of halogens is 3. The molecule has 138 valence electrons. The monoisotopic (exact) mass is 367 g/mol.